The monoisotopic (exact) mass is 324 g/mol. The molecule has 6 heteroatoms. The molecule has 0 bridgehead atoms. The molecule has 1 aromatic carbocycles. The van der Waals surface area contributed by atoms with Crippen LogP contribution in [0.15, 0.2) is 33.9 Å². The van der Waals surface area contributed by atoms with E-state index in [1.165, 1.54) is 4.57 Å². The molecule has 0 unspecified atom stereocenters. The van der Waals surface area contributed by atoms with Gasteiger partial charge in [-0.15, -0.1) is 0 Å². The fraction of sp³-hybridized carbons (Fsp3) is 0.333. The number of benzene rings is 1. The summed E-state index contributed by atoms with van der Waals surface area (Å²) in [6, 6.07) is 6.95. The Hall–Kier alpha value is -1.52. The van der Waals surface area contributed by atoms with Gasteiger partial charge in [-0.1, -0.05) is 48.3 Å². The van der Waals surface area contributed by atoms with E-state index in [-0.39, 0.29) is 16.1 Å². The Bertz CT molecular complexity index is 819. The van der Waals surface area contributed by atoms with Crippen molar-refractivity contribution < 1.29 is 0 Å². The lowest BCUT2D eigenvalue weighted by molar-refractivity contribution is 0.441. The molecule has 0 amide bonds. The zero-order valence-electron chi connectivity index (χ0n) is 11.5. The number of aromatic nitrogens is 2. The molecule has 1 heterocycles. The first-order valence-corrected chi connectivity index (χ1v) is 7.44. The highest BCUT2D eigenvalue weighted by molar-refractivity contribution is 6.35. The number of hydrogen-bond donors (Lipinski definition) is 1. The van der Waals surface area contributed by atoms with E-state index in [2.05, 4.69) is 11.9 Å². The van der Waals surface area contributed by atoms with E-state index in [0.29, 0.717) is 17.1 Å². The second kappa shape index (κ2) is 5.04. The Kier molecular flexibility index (Phi) is 3.46. The molecule has 1 fully saturated rings. The minimum absolute atomic E-state index is 0.0234. The van der Waals surface area contributed by atoms with Gasteiger partial charge in [0.15, 0.2) is 0 Å². The highest BCUT2D eigenvalue weighted by Gasteiger charge is 2.38. The van der Waals surface area contributed by atoms with Crippen LogP contribution in [0.1, 0.15) is 19.8 Å². The maximum atomic E-state index is 12.7. The fourth-order valence-corrected chi connectivity index (χ4v) is 2.83. The maximum absolute atomic E-state index is 12.7. The third-order valence-corrected chi connectivity index (χ3v) is 4.54. The summed E-state index contributed by atoms with van der Waals surface area (Å²) in [6.07, 6.45) is 2.03. The van der Waals surface area contributed by atoms with Crippen LogP contribution in [0.25, 0.3) is 11.1 Å². The molecule has 1 N–H and O–H groups in total. The molecular formula is C15H14Cl2N2O2. The number of H-pyrrole nitrogens is 1. The van der Waals surface area contributed by atoms with Crippen molar-refractivity contribution in [2.24, 2.45) is 5.41 Å². The summed E-state index contributed by atoms with van der Waals surface area (Å²) in [5.41, 5.74) is -0.0762. The van der Waals surface area contributed by atoms with Crippen molar-refractivity contribution in [2.45, 2.75) is 26.3 Å². The van der Waals surface area contributed by atoms with Crippen LogP contribution in [0.5, 0.6) is 0 Å². The number of hydrogen-bond acceptors (Lipinski definition) is 2. The minimum atomic E-state index is -0.478. The molecule has 0 spiro atoms. The number of nitrogens with one attached hydrogen (secondary N) is 1. The van der Waals surface area contributed by atoms with Gasteiger partial charge in [0.1, 0.15) is 5.15 Å². The quantitative estimate of drug-likeness (QED) is 0.880. The summed E-state index contributed by atoms with van der Waals surface area (Å²) >= 11 is 12.2. The van der Waals surface area contributed by atoms with E-state index in [9.17, 15) is 9.59 Å². The second-order valence-electron chi connectivity index (χ2n) is 5.80. The normalized spacial score (nSPS) is 16.0. The van der Waals surface area contributed by atoms with E-state index >= 15 is 0 Å². The number of nitrogens with zero attached hydrogens (tertiary/aromatic N) is 1. The van der Waals surface area contributed by atoms with Crippen LogP contribution in [-0.2, 0) is 6.54 Å². The molecule has 1 aliphatic carbocycles. The van der Waals surface area contributed by atoms with E-state index in [1.807, 2.05) is 0 Å². The largest absolute Gasteiger partial charge is 0.329 e. The fourth-order valence-electron chi connectivity index (χ4n) is 2.34. The number of aromatic amines is 1. The summed E-state index contributed by atoms with van der Waals surface area (Å²) < 4.78 is 1.22. The predicted molar refractivity (Wildman–Crippen MR) is 84.1 cm³/mol. The Morgan fingerprint density at radius 2 is 1.90 bits per heavy atom. The molecule has 1 saturated carbocycles. The van der Waals surface area contributed by atoms with Crippen LogP contribution >= 0.6 is 23.2 Å². The molecule has 110 valence electrons. The molecule has 0 aliphatic heterocycles. The summed E-state index contributed by atoms with van der Waals surface area (Å²) in [5.74, 6) is 0. The van der Waals surface area contributed by atoms with Gasteiger partial charge < -0.3 is 0 Å². The maximum Gasteiger partial charge on any atom is 0.329 e. The molecular weight excluding hydrogens is 311 g/mol. The Morgan fingerprint density at radius 1 is 1.24 bits per heavy atom. The minimum Gasteiger partial charge on any atom is -0.297 e. The van der Waals surface area contributed by atoms with Crippen molar-refractivity contribution in [3.63, 3.8) is 0 Å². The van der Waals surface area contributed by atoms with E-state index in [1.54, 1.807) is 24.3 Å². The van der Waals surface area contributed by atoms with Crippen molar-refractivity contribution in [2.75, 3.05) is 0 Å². The zero-order valence-corrected chi connectivity index (χ0v) is 13.0. The summed E-state index contributed by atoms with van der Waals surface area (Å²) in [4.78, 5) is 27.2. The van der Waals surface area contributed by atoms with Crippen molar-refractivity contribution >= 4 is 23.2 Å². The van der Waals surface area contributed by atoms with Gasteiger partial charge in [0.05, 0.1) is 5.56 Å². The van der Waals surface area contributed by atoms with Gasteiger partial charge in [-0.2, -0.15) is 0 Å². The van der Waals surface area contributed by atoms with Gasteiger partial charge >= 0.3 is 5.69 Å². The van der Waals surface area contributed by atoms with E-state index in [0.717, 1.165) is 12.8 Å². The lowest BCUT2D eigenvalue weighted by Gasteiger charge is -2.13. The van der Waals surface area contributed by atoms with Crippen molar-refractivity contribution in [1.82, 2.24) is 9.55 Å². The lowest BCUT2D eigenvalue weighted by atomic mass is 10.1. The standard InChI is InChI=1S/C15H14Cl2N2O2/c1-15(6-7-15)8-19-13(20)11(12(17)18-14(19)21)9-4-2-3-5-10(9)16/h2-5H,6-8H2,1H3,(H,18,21). The van der Waals surface area contributed by atoms with Gasteiger partial charge in [-0.25, -0.2) is 4.79 Å². The topological polar surface area (TPSA) is 54.9 Å². The van der Waals surface area contributed by atoms with Crippen LogP contribution in [0.3, 0.4) is 0 Å². The third-order valence-electron chi connectivity index (χ3n) is 3.93. The van der Waals surface area contributed by atoms with Gasteiger partial charge in [-0.3, -0.25) is 14.3 Å². The zero-order chi connectivity index (χ0) is 15.2. The van der Waals surface area contributed by atoms with Crippen LogP contribution in [0.2, 0.25) is 10.2 Å². The van der Waals surface area contributed by atoms with Crippen molar-refractivity contribution in [3.05, 3.63) is 55.3 Å². The third kappa shape index (κ3) is 2.65. The summed E-state index contributed by atoms with van der Waals surface area (Å²) in [7, 11) is 0. The predicted octanol–water partition coefficient (Wildman–Crippen LogP) is 3.31. The smallest absolute Gasteiger partial charge is 0.297 e. The van der Waals surface area contributed by atoms with Crippen LogP contribution in [0.4, 0.5) is 0 Å². The van der Waals surface area contributed by atoms with E-state index in [4.69, 9.17) is 23.2 Å². The molecule has 2 aromatic rings. The summed E-state index contributed by atoms with van der Waals surface area (Å²) in [6.45, 7) is 2.46. The van der Waals surface area contributed by atoms with Crippen LogP contribution < -0.4 is 11.2 Å². The Morgan fingerprint density at radius 3 is 2.52 bits per heavy atom. The Labute approximate surface area is 131 Å². The molecule has 0 radical (unpaired) electrons. The SMILES string of the molecule is CC1(Cn2c(=O)[nH]c(Cl)c(-c3ccccc3Cl)c2=O)CC1. The summed E-state index contributed by atoms with van der Waals surface area (Å²) in [5, 5.41) is 0.447. The molecule has 21 heavy (non-hydrogen) atoms. The molecule has 0 saturated heterocycles. The van der Waals surface area contributed by atoms with Crippen LogP contribution in [-0.4, -0.2) is 9.55 Å². The highest BCUT2D eigenvalue weighted by Crippen LogP contribution is 2.45. The van der Waals surface area contributed by atoms with Crippen molar-refractivity contribution in [3.8, 4) is 11.1 Å². The molecule has 1 aromatic heterocycles. The first-order chi connectivity index (χ1) is 9.91. The highest BCUT2D eigenvalue weighted by atomic mass is 35.5. The first kappa shape index (κ1) is 14.4. The van der Waals surface area contributed by atoms with Gasteiger partial charge in [0.25, 0.3) is 5.56 Å². The first-order valence-electron chi connectivity index (χ1n) is 6.69. The molecule has 4 nitrogen and oxygen atoms in total. The van der Waals surface area contributed by atoms with Gasteiger partial charge in [-0.05, 0) is 24.3 Å². The number of halogens is 2. The lowest BCUT2D eigenvalue weighted by Crippen LogP contribution is -2.38. The number of rotatable bonds is 3. The van der Waals surface area contributed by atoms with Gasteiger partial charge in [0, 0.05) is 17.1 Å². The Balaban J connectivity index is 2.22. The second-order valence-corrected chi connectivity index (χ2v) is 6.59. The molecule has 0 atom stereocenters. The molecule has 3 rings (SSSR count). The molecule has 1 aliphatic rings. The van der Waals surface area contributed by atoms with E-state index < -0.39 is 11.2 Å². The van der Waals surface area contributed by atoms with Crippen molar-refractivity contribution in [1.29, 1.82) is 0 Å². The van der Waals surface area contributed by atoms with Gasteiger partial charge in [0.2, 0.25) is 0 Å². The van der Waals surface area contributed by atoms with Crippen LogP contribution in [0, 0.1) is 5.41 Å². The average molecular weight is 325 g/mol. The average Bonchev–Trinajstić information content (AvgIpc) is 3.15.